The van der Waals surface area contributed by atoms with E-state index < -0.39 is 23.7 Å². The number of halogens is 4. The maximum Gasteiger partial charge on any atom is 0.419 e. The number of nitrogens with two attached hydrogens (primary N) is 1. The van der Waals surface area contributed by atoms with Gasteiger partial charge in [-0.3, -0.25) is 0 Å². The first-order valence-electron chi connectivity index (χ1n) is 5.69. The van der Waals surface area contributed by atoms with Crippen LogP contribution in [0.15, 0.2) is 42.5 Å². The van der Waals surface area contributed by atoms with Gasteiger partial charge in [-0.1, -0.05) is 18.2 Å². The second-order valence-electron chi connectivity index (χ2n) is 4.31. The lowest BCUT2D eigenvalue weighted by Crippen LogP contribution is -2.10. The van der Waals surface area contributed by atoms with Crippen molar-refractivity contribution in [1.82, 2.24) is 0 Å². The van der Waals surface area contributed by atoms with Gasteiger partial charge in [0.15, 0.2) is 0 Å². The second-order valence-corrected chi connectivity index (χ2v) is 4.31. The number of nitrogen functional groups attached to an aromatic ring is 1. The van der Waals surface area contributed by atoms with Crippen LogP contribution in [0.3, 0.4) is 0 Å². The summed E-state index contributed by atoms with van der Waals surface area (Å²) in [4.78, 5) is 0. The van der Waals surface area contributed by atoms with Crippen LogP contribution in [0.2, 0.25) is 0 Å². The Balaban J connectivity index is 2.40. The third kappa shape index (κ3) is 2.91. The molecule has 0 fully saturated rings. The molecular weight excluding hydrogens is 274 g/mol. The first kappa shape index (κ1) is 14.3. The molecule has 1 unspecified atom stereocenters. The molecule has 106 valence electrons. The number of alkyl halides is 3. The molecule has 0 saturated carbocycles. The zero-order valence-electron chi connectivity index (χ0n) is 10.2. The molecule has 3 N–H and O–H groups in total. The number of hydrogen-bond acceptors (Lipinski definition) is 2. The summed E-state index contributed by atoms with van der Waals surface area (Å²) < 4.78 is 51.0. The minimum Gasteiger partial charge on any atom is -0.399 e. The SMILES string of the molecule is Nc1ccc(C(O)c2ccc(F)c(C(F)(F)F)c2)cc1. The summed E-state index contributed by atoms with van der Waals surface area (Å²) in [6.07, 6.45) is -6.08. The molecule has 2 aromatic rings. The van der Waals surface area contributed by atoms with Gasteiger partial charge in [0.1, 0.15) is 11.9 Å². The number of aliphatic hydroxyl groups is 1. The number of benzene rings is 2. The Morgan fingerprint density at radius 3 is 2.05 bits per heavy atom. The Morgan fingerprint density at radius 2 is 1.50 bits per heavy atom. The average molecular weight is 285 g/mol. The van der Waals surface area contributed by atoms with E-state index in [9.17, 15) is 22.7 Å². The molecule has 0 aliphatic rings. The lowest BCUT2D eigenvalue weighted by molar-refractivity contribution is -0.140. The molecule has 0 radical (unpaired) electrons. The largest absolute Gasteiger partial charge is 0.419 e. The van der Waals surface area contributed by atoms with Crippen molar-refractivity contribution in [3.05, 3.63) is 65.0 Å². The fraction of sp³-hybridized carbons (Fsp3) is 0.143. The van der Waals surface area contributed by atoms with E-state index in [2.05, 4.69) is 0 Å². The standard InChI is InChI=1S/C14H11F4NO/c15-12-6-3-9(7-11(12)14(16,17)18)13(20)8-1-4-10(19)5-2-8/h1-7,13,20H,19H2. The van der Waals surface area contributed by atoms with Crippen LogP contribution in [0.4, 0.5) is 23.2 Å². The Hall–Kier alpha value is -2.08. The molecule has 2 rings (SSSR count). The molecule has 1 atom stereocenters. The van der Waals surface area contributed by atoms with Gasteiger partial charge in [0.25, 0.3) is 0 Å². The monoisotopic (exact) mass is 285 g/mol. The molecule has 20 heavy (non-hydrogen) atoms. The molecule has 6 heteroatoms. The van der Waals surface area contributed by atoms with Crippen LogP contribution < -0.4 is 5.73 Å². The van der Waals surface area contributed by atoms with Crippen molar-refractivity contribution in [1.29, 1.82) is 0 Å². The fourth-order valence-corrected chi connectivity index (χ4v) is 1.80. The zero-order chi connectivity index (χ0) is 14.9. The van der Waals surface area contributed by atoms with Gasteiger partial charge < -0.3 is 10.8 Å². The van der Waals surface area contributed by atoms with Gasteiger partial charge in [-0.15, -0.1) is 0 Å². The third-order valence-corrected chi connectivity index (χ3v) is 2.86. The molecule has 2 nitrogen and oxygen atoms in total. The van der Waals surface area contributed by atoms with Crippen LogP contribution >= 0.6 is 0 Å². The van der Waals surface area contributed by atoms with E-state index in [4.69, 9.17) is 5.73 Å². The van der Waals surface area contributed by atoms with Crippen molar-refractivity contribution in [2.75, 3.05) is 5.73 Å². The van der Waals surface area contributed by atoms with E-state index in [-0.39, 0.29) is 5.56 Å². The van der Waals surface area contributed by atoms with Gasteiger partial charge in [-0.05, 0) is 35.4 Å². The predicted molar refractivity (Wildman–Crippen MR) is 66.3 cm³/mol. The third-order valence-electron chi connectivity index (χ3n) is 2.86. The van der Waals surface area contributed by atoms with E-state index in [1.54, 1.807) is 0 Å². The molecule has 2 aromatic carbocycles. The van der Waals surface area contributed by atoms with Gasteiger partial charge in [0.2, 0.25) is 0 Å². The number of rotatable bonds is 2. The van der Waals surface area contributed by atoms with Crippen molar-refractivity contribution >= 4 is 5.69 Å². The van der Waals surface area contributed by atoms with Gasteiger partial charge in [0.05, 0.1) is 5.56 Å². The van der Waals surface area contributed by atoms with Crippen molar-refractivity contribution < 1.29 is 22.7 Å². The minimum absolute atomic E-state index is 0.0384. The van der Waals surface area contributed by atoms with Gasteiger partial charge in [-0.25, -0.2) is 4.39 Å². The van der Waals surface area contributed by atoms with Crippen LogP contribution in [0.25, 0.3) is 0 Å². The summed E-state index contributed by atoms with van der Waals surface area (Å²) in [7, 11) is 0. The summed E-state index contributed by atoms with van der Waals surface area (Å²) in [6, 6.07) is 8.45. The topological polar surface area (TPSA) is 46.2 Å². The Bertz CT molecular complexity index is 608. The lowest BCUT2D eigenvalue weighted by Gasteiger charge is -2.15. The predicted octanol–water partition coefficient (Wildman–Crippen LogP) is 3.51. The molecular formula is C14H11F4NO. The lowest BCUT2D eigenvalue weighted by atomic mass is 9.99. The molecule has 0 amide bonds. The minimum atomic E-state index is -4.80. The van der Waals surface area contributed by atoms with E-state index in [0.29, 0.717) is 23.4 Å². The molecule has 0 spiro atoms. The van der Waals surface area contributed by atoms with Gasteiger partial charge in [-0.2, -0.15) is 13.2 Å². The molecule has 0 saturated heterocycles. The quantitative estimate of drug-likeness (QED) is 0.655. The van der Waals surface area contributed by atoms with Crippen molar-refractivity contribution in [3.63, 3.8) is 0 Å². The van der Waals surface area contributed by atoms with E-state index in [0.717, 1.165) is 6.07 Å². The number of anilines is 1. The van der Waals surface area contributed by atoms with Crippen molar-refractivity contribution in [3.8, 4) is 0 Å². The van der Waals surface area contributed by atoms with Crippen molar-refractivity contribution in [2.45, 2.75) is 12.3 Å². The van der Waals surface area contributed by atoms with Crippen LogP contribution in [0.5, 0.6) is 0 Å². The fourth-order valence-electron chi connectivity index (χ4n) is 1.80. The number of hydrogen-bond donors (Lipinski definition) is 2. The highest BCUT2D eigenvalue weighted by Gasteiger charge is 2.34. The summed E-state index contributed by atoms with van der Waals surface area (Å²) in [5, 5.41) is 10.0. The summed E-state index contributed by atoms with van der Waals surface area (Å²) in [6.45, 7) is 0. The zero-order valence-corrected chi connectivity index (χ0v) is 10.2. The van der Waals surface area contributed by atoms with Crippen LogP contribution in [0.1, 0.15) is 22.8 Å². The first-order valence-corrected chi connectivity index (χ1v) is 5.69. The van der Waals surface area contributed by atoms with Crippen LogP contribution in [-0.4, -0.2) is 5.11 Å². The molecule has 0 aliphatic carbocycles. The highest BCUT2D eigenvalue weighted by atomic mass is 19.4. The van der Waals surface area contributed by atoms with Crippen LogP contribution in [0, 0.1) is 5.82 Å². The van der Waals surface area contributed by atoms with Crippen molar-refractivity contribution in [2.24, 2.45) is 0 Å². The van der Waals surface area contributed by atoms with Gasteiger partial charge in [0, 0.05) is 5.69 Å². The Labute approximate surface area is 112 Å². The Kier molecular flexibility index (Phi) is 3.67. The summed E-state index contributed by atoms with van der Waals surface area (Å²) in [5.41, 5.74) is 4.89. The van der Waals surface area contributed by atoms with E-state index >= 15 is 0 Å². The van der Waals surface area contributed by atoms with E-state index in [1.807, 2.05) is 0 Å². The molecule has 0 bridgehead atoms. The first-order chi connectivity index (χ1) is 9.29. The molecule has 0 aliphatic heterocycles. The Morgan fingerprint density at radius 1 is 0.950 bits per heavy atom. The highest BCUT2D eigenvalue weighted by Crippen LogP contribution is 2.34. The maximum absolute atomic E-state index is 13.2. The number of aliphatic hydroxyl groups excluding tert-OH is 1. The van der Waals surface area contributed by atoms with Crippen LogP contribution in [-0.2, 0) is 6.18 Å². The smallest absolute Gasteiger partial charge is 0.399 e. The molecule has 0 aromatic heterocycles. The van der Waals surface area contributed by atoms with Gasteiger partial charge >= 0.3 is 6.18 Å². The summed E-state index contributed by atoms with van der Waals surface area (Å²) >= 11 is 0. The average Bonchev–Trinajstić information content (AvgIpc) is 2.38. The second kappa shape index (κ2) is 5.13. The highest BCUT2D eigenvalue weighted by molar-refractivity contribution is 5.42. The van der Waals surface area contributed by atoms with E-state index in [1.165, 1.54) is 24.3 Å². The normalized spacial score (nSPS) is 13.2. The maximum atomic E-state index is 13.2. The molecule has 0 heterocycles. The summed E-state index contributed by atoms with van der Waals surface area (Å²) in [5.74, 6) is -1.37.